The maximum absolute atomic E-state index is 6.25. The van der Waals surface area contributed by atoms with Crippen molar-refractivity contribution in [2.24, 2.45) is 5.73 Å². The molecule has 4 heteroatoms. The van der Waals surface area contributed by atoms with E-state index in [-0.39, 0.29) is 6.04 Å². The number of aromatic nitrogens is 3. The van der Waals surface area contributed by atoms with Gasteiger partial charge in [-0.25, -0.2) is 0 Å². The molecule has 4 nitrogen and oxygen atoms in total. The van der Waals surface area contributed by atoms with E-state index in [0.717, 1.165) is 22.0 Å². The molecule has 1 aromatic carbocycles. The molecule has 18 heavy (non-hydrogen) atoms. The van der Waals surface area contributed by atoms with Gasteiger partial charge in [0.2, 0.25) is 0 Å². The second-order valence-corrected chi connectivity index (χ2v) is 4.05. The lowest BCUT2D eigenvalue weighted by molar-refractivity contribution is 0.824. The molecule has 0 aliphatic heterocycles. The van der Waals surface area contributed by atoms with Gasteiger partial charge >= 0.3 is 0 Å². The first kappa shape index (κ1) is 10.8. The molecule has 2 aromatic heterocycles. The van der Waals surface area contributed by atoms with Crippen LogP contribution in [0.2, 0.25) is 0 Å². The number of nitrogens with two attached hydrogens (primary N) is 1. The second-order valence-electron chi connectivity index (χ2n) is 4.05. The van der Waals surface area contributed by atoms with E-state index in [4.69, 9.17) is 5.73 Å². The van der Waals surface area contributed by atoms with E-state index in [9.17, 15) is 0 Å². The Labute approximate surface area is 105 Å². The lowest BCUT2D eigenvalue weighted by Gasteiger charge is -2.13. The molecular weight excluding hydrogens is 224 g/mol. The third kappa shape index (κ3) is 1.83. The Morgan fingerprint density at radius 1 is 0.944 bits per heavy atom. The highest BCUT2D eigenvalue weighted by Gasteiger charge is 2.13. The monoisotopic (exact) mass is 236 g/mol. The molecule has 3 aromatic rings. The molecular formula is C14H12N4. The van der Waals surface area contributed by atoms with Crippen LogP contribution in [0.15, 0.2) is 55.2 Å². The number of hydrogen-bond donors (Lipinski definition) is 1. The topological polar surface area (TPSA) is 64.7 Å². The van der Waals surface area contributed by atoms with Crippen molar-refractivity contribution in [2.45, 2.75) is 6.04 Å². The van der Waals surface area contributed by atoms with Gasteiger partial charge in [-0.2, -0.15) is 0 Å². The minimum Gasteiger partial charge on any atom is -0.319 e. The number of pyridine rings is 1. The van der Waals surface area contributed by atoms with Gasteiger partial charge < -0.3 is 5.73 Å². The summed E-state index contributed by atoms with van der Waals surface area (Å²) in [5.41, 5.74) is 8.03. The SMILES string of the molecule is NC(c1cnccn1)c1cccc2ccncc12. The van der Waals surface area contributed by atoms with Crippen LogP contribution in [0.4, 0.5) is 0 Å². The van der Waals surface area contributed by atoms with Crippen molar-refractivity contribution >= 4 is 10.8 Å². The van der Waals surface area contributed by atoms with Crippen LogP contribution < -0.4 is 5.73 Å². The number of fused-ring (bicyclic) bond motifs is 1. The minimum atomic E-state index is -0.286. The van der Waals surface area contributed by atoms with Crippen LogP contribution in [0.1, 0.15) is 17.3 Å². The summed E-state index contributed by atoms with van der Waals surface area (Å²) in [5.74, 6) is 0. The van der Waals surface area contributed by atoms with E-state index in [1.165, 1.54) is 0 Å². The van der Waals surface area contributed by atoms with Gasteiger partial charge in [0.25, 0.3) is 0 Å². The van der Waals surface area contributed by atoms with Gasteiger partial charge in [0.1, 0.15) is 0 Å². The number of nitrogens with zero attached hydrogens (tertiary/aromatic N) is 3. The molecule has 0 radical (unpaired) electrons. The van der Waals surface area contributed by atoms with Crippen molar-refractivity contribution in [1.29, 1.82) is 0 Å². The van der Waals surface area contributed by atoms with E-state index >= 15 is 0 Å². The molecule has 1 unspecified atom stereocenters. The van der Waals surface area contributed by atoms with Gasteiger partial charge in [-0.3, -0.25) is 15.0 Å². The second kappa shape index (κ2) is 4.50. The molecule has 0 saturated heterocycles. The molecule has 2 heterocycles. The molecule has 88 valence electrons. The van der Waals surface area contributed by atoms with Crippen molar-refractivity contribution < 1.29 is 0 Å². The quantitative estimate of drug-likeness (QED) is 0.739. The predicted molar refractivity (Wildman–Crippen MR) is 69.8 cm³/mol. The Bertz CT molecular complexity index is 661. The zero-order valence-electron chi connectivity index (χ0n) is 9.69. The summed E-state index contributed by atoms with van der Waals surface area (Å²) in [6, 6.07) is 7.73. The number of hydrogen-bond acceptors (Lipinski definition) is 4. The van der Waals surface area contributed by atoms with Gasteiger partial charge in [-0.15, -0.1) is 0 Å². The van der Waals surface area contributed by atoms with E-state index < -0.39 is 0 Å². The standard InChI is InChI=1S/C14H12N4/c15-14(13-9-17-6-7-18-13)11-3-1-2-10-4-5-16-8-12(10)11/h1-9,14H,15H2. The average Bonchev–Trinajstić information content (AvgIpc) is 2.47. The summed E-state index contributed by atoms with van der Waals surface area (Å²) in [7, 11) is 0. The Hall–Kier alpha value is -2.33. The van der Waals surface area contributed by atoms with Crippen LogP contribution in [0.25, 0.3) is 10.8 Å². The molecule has 2 N–H and O–H groups in total. The summed E-state index contributed by atoms with van der Waals surface area (Å²) < 4.78 is 0. The molecule has 0 saturated carbocycles. The van der Waals surface area contributed by atoms with Crippen molar-refractivity contribution in [2.75, 3.05) is 0 Å². The first-order valence-electron chi connectivity index (χ1n) is 5.70. The zero-order chi connectivity index (χ0) is 12.4. The van der Waals surface area contributed by atoms with Crippen molar-refractivity contribution in [3.63, 3.8) is 0 Å². The van der Waals surface area contributed by atoms with Gasteiger partial charge in [0, 0.05) is 30.2 Å². The first-order chi connectivity index (χ1) is 8.86. The lowest BCUT2D eigenvalue weighted by atomic mass is 9.99. The summed E-state index contributed by atoms with van der Waals surface area (Å²) in [4.78, 5) is 12.5. The van der Waals surface area contributed by atoms with Crippen LogP contribution in [-0.2, 0) is 0 Å². The summed E-state index contributed by atoms with van der Waals surface area (Å²) in [5, 5.41) is 2.18. The summed E-state index contributed by atoms with van der Waals surface area (Å²) in [6.07, 6.45) is 8.60. The van der Waals surface area contributed by atoms with Crippen LogP contribution in [0, 0.1) is 0 Å². The van der Waals surface area contributed by atoms with E-state index in [1.54, 1.807) is 24.8 Å². The van der Waals surface area contributed by atoms with Gasteiger partial charge in [0.15, 0.2) is 0 Å². The predicted octanol–water partition coefficient (Wildman–Crippen LogP) is 2.07. The Morgan fingerprint density at radius 2 is 1.83 bits per heavy atom. The van der Waals surface area contributed by atoms with Gasteiger partial charge in [0.05, 0.1) is 17.9 Å². The summed E-state index contributed by atoms with van der Waals surface area (Å²) in [6.45, 7) is 0. The minimum absolute atomic E-state index is 0.286. The Balaban J connectivity index is 2.15. The summed E-state index contributed by atoms with van der Waals surface area (Å²) >= 11 is 0. The maximum Gasteiger partial charge on any atom is 0.0799 e. The van der Waals surface area contributed by atoms with Crippen LogP contribution in [-0.4, -0.2) is 15.0 Å². The van der Waals surface area contributed by atoms with Crippen molar-refractivity contribution in [3.05, 3.63) is 66.5 Å². The normalized spacial score (nSPS) is 12.5. The number of benzene rings is 1. The first-order valence-corrected chi connectivity index (χ1v) is 5.70. The molecule has 0 amide bonds. The molecule has 0 aliphatic rings. The van der Waals surface area contributed by atoms with Gasteiger partial charge in [-0.1, -0.05) is 18.2 Å². The highest BCUT2D eigenvalue weighted by molar-refractivity contribution is 5.85. The fourth-order valence-corrected chi connectivity index (χ4v) is 2.04. The van der Waals surface area contributed by atoms with Gasteiger partial charge in [-0.05, 0) is 17.0 Å². The molecule has 0 spiro atoms. The van der Waals surface area contributed by atoms with Crippen LogP contribution >= 0.6 is 0 Å². The number of rotatable bonds is 2. The molecule has 0 bridgehead atoms. The van der Waals surface area contributed by atoms with Crippen molar-refractivity contribution in [3.8, 4) is 0 Å². The highest BCUT2D eigenvalue weighted by Crippen LogP contribution is 2.25. The lowest BCUT2D eigenvalue weighted by Crippen LogP contribution is -2.14. The molecule has 0 aliphatic carbocycles. The van der Waals surface area contributed by atoms with Crippen LogP contribution in [0.5, 0.6) is 0 Å². The van der Waals surface area contributed by atoms with E-state index in [0.29, 0.717) is 0 Å². The molecule has 1 atom stereocenters. The fourth-order valence-electron chi connectivity index (χ4n) is 2.04. The zero-order valence-corrected chi connectivity index (χ0v) is 9.69. The molecule has 3 rings (SSSR count). The van der Waals surface area contributed by atoms with Crippen molar-refractivity contribution in [1.82, 2.24) is 15.0 Å². The van der Waals surface area contributed by atoms with E-state index in [2.05, 4.69) is 15.0 Å². The Kier molecular flexibility index (Phi) is 2.70. The Morgan fingerprint density at radius 3 is 2.67 bits per heavy atom. The third-order valence-corrected chi connectivity index (χ3v) is 2.95. The largest absolute Gasteiger partial charge is 0.319 e. The fraction of sp³-hybridized carbons (Fsp3) is 0.0714. The third-order valence-electron chi connectivity index (χ3n) is 2.95. The van der Waals surface area contributed by atoms with Crippen LogP contribution in [0.3, 0.4) is 0 Å². The molecule has 0 fully saturated rings. The highest BCUT2D eigenvalue weighted by atomic mass is 14.8. The maximum atomic E-state index is 6.25. The van der Waals surface area contributed by atoms with E-state index in [1.807, 2.05) is 30.5 Å². The smallest absolute Gasteiger partial charge is 0.0799 e. The average molecular weight is 236 g/mol.